The molecule has 13 heteroatoms. The van der Waals surface area contributed by atoms with Crippen molar-refractivity contribution in [1.29, 1.82) is 0 Å². The Kier molecular flexibility index (Phi) is 9.20. The summed E-state index contributed by atoms with van der Waals surface area (Å²) in [6, 6.07) is 5.28. The monoisotopic (exact) mass is 581 g/mol. The second-order valence-corrected chi connectivity index (χ2v) is 12.6. The molecule has 2 aliphatic rings. The molecule has 1 aromatic rings. The van der Waals surface area contributed by atoms with Crippen molar-refractivity contribution in [1.82, 2.24) is 15.1 Å². The van der Waals surface area contributed by atoms with Gasteiger partial charge < -0.3 is 10.2 Å². The van der Waals surface area contributed by atoms with Crippen LogP contribution in [0.15, 0.2) is 35.7 Å². The van der Waals surface area contributed by atoms with E-state index < -0.39 is 64.0 Å². The smallest absolute Gasteiger partial charge is 0.347 e. The molecule has 3 rings (SSSR count). The van der Waals surface area contributed by atoms with Gasteiger partial charge in [0.15, 0.2) is 15.5 Å². The second kappa shape index (κ2) is 11.5. The summed E-state index contributed by atoms with van der Waals surface area (Å²) in [5, 5.41) is 3.73. The molecule has 0 aromatic heterocycles. The molecule has 2 saturated heterocycles. The van der Waals surface area contributed by atoms with E-state index in [4.69, 9.17) is 11.6 Å². The molecular formula is C25H32ClF4N3O4S. The van der Waals surface area contributed by atoms with Crippen molar-refractivity contribution in [2.45, 2.75) is 56.5 Å². The zero-order chi connectivity index (χ0) is 28.5. The number of sulfone groups is 1. The first-order valence-electron chi connectivity index (χ1n) is 12.2. The molecular weight excluding hydrogens is 550 g/mol. The van der Waals surface area contributed by atoms with Gasteiger partial charge in [-0.3, -0.25) is 14.5 Å². The van der Waals surface area contributed by atoms with Gasteiger partial charge in [-0.2, -0.15) is 13.2 Å². The lowest BCUT2D eigenvalue weighted by molar-refractivity contribution is -0.150. The van der Waals surface area contributed by atoms with Crippen LogP contribution in [0.3, 0.4) is 0 Å². The molecule has 7 nitrogen and oxygen atoms in total. The number of alkyl halides is 4. The Balaban J connectivity index is 1.74. The summed E-state index contributed by atoms with van der Waals surface area (Å²) in [5.74, 6) is -2.71. The molecule has 0 aliphatic carbocycles. The molecule has 1 aromatic carbocycles. The summed E-state index contributed by atoms with van der Waals surface area (Å²) in [4.78, 5) is 28.9. The van der Waals surface area contributed by atoms with Crippen molar-refractivity contribution in [2.75, 3.05) is 32.4 Å². The van der Waals surface area contributed by atoms with E-state index in [-0.39, 0.29) is 32.5 Å². The fraction of sp³-hybridized carbons (Fsp3) is 0.600. The summed E-state index contributed by atoms with van der Waals surface area (Å²) in [6.45, 7) is 1.72. The van der Waals surface area contributed by atoms with Crippen LogP contribution >= 0.6 is 11.6 Å². The minimum absolute atomic E-state index is 0.00376. The Bertz CT molecular complexity index is 1180. The molecule has 0 radical (unpaired) electrons. The van der Waals surface area contributed by atoms with Crippen LogP contribution in [-0.4, -0.2) is 86.4 Å². The highest BCUT2D eigenvalue weighted by Crippen LogP contribution is 2.40. The van der Waals surface area contributed by atoms with Crippen LogP contribution in [0.25, 0.3) is 0 Å². The molecule has 2 unspecified atom stereocenters. The fourth-order valence-corrected chi connectivity index (χ4v) is 6.00. The van der Waals surface area contributed by atoms with Crippen LogP contribution in [0, 0.1) is 5.92 Å². The summed E-state index contributed by atoms with van der Waals surface area (Å²) < 4.78 is 77.7. The number of halogens is 5. The molecule has 212 valence electrons. The van der Waals surface area contributed by atoms with Gasteiger partial charge in [-0.15, -0.1) is 0 Å². The number of rotatable bonds is 7. The number of likely N-dealkylation sites (tertiary alicyclic amines) is 2. The minimum Gasteiger partial charge on any atom is -0.347 e. The lowest BCUT2D eigenvalue weighted by Gasteiger charge is -2.42. The average Bonchev–Trinajstić information content (AvgIpc) is 3.19. The number of hydrogen-bond donors (Lipinski definition) is 1. The molecule has 5 atom stereocenters. The van der Waals surface area contributed by atoms with Gasteiger partial charge in [0.1, 0.15) is 0 Å². The summed E-state index contributed by atoms with van der Waals surface area (Å²) in [6.07, 6.45) is -2.81. The third-order valence-electron chi connectivity index (χ3n) is 6.98. The molecule has 0 spiro atoms. The number of nitrogens with zero attached hydrogens (tertiary/aromatic N) is 2. The number of amides is 2. The summed E-state index contributed by atoms with van der Waals surface area (Å²) in [7, 11) is -3.41. The third kappa shape index (κ3) is 7.69. The maximum absolute atomic E-state index is 15.7. The molecule has 2 heterocycles. The molecule has 1 N–H and O–H groups in total. The van der Waals surface area contributed by atoms with Gasteiger partial charge in [0.25, 0.3) is 5.91 Å². The lowest BCUT2D eigenvalue weighted by atomic mass is 9.84. The zero-order valence-electron chi connectivity index (χ0n) is 21.3. The number of carbonyl (C=O) groups is 2. The topological polar surface area (TPSA) is 86.8 Å². The van der Waals surface area contributed by atoms with Gasteiger partial charge >= 0.3 is 6.18 Å². The van der Waals surface area contributed by atoms with Crippen molar-refractivity contribution in [3.05, 3.63) is 46.3 Å². The Morgan fingerprint density at radius 1 is 1.26 bits per heavy atom. The van der Waals surface area contributed by atoms with Crippen LogP contribution in [0.5, 0.6) is 0 Å². The first-order valence-corrected chi connectivity index (χ1v) is 14.5. The van der Waals surface area contributed by atoms with Crippen LogP contribution in [0.4, 0.5) is 17.6 Å². The van der Waals surface area contributed by atoms with E-state index in [1.807, 2.05) is 0 Å². The highest BCUT2D eigenvalue weighted by Gasteiger charge is 2.49. The van der Waals surface area contributed by atoms with Crippen LogP contribution in [0.2, 0.25) is 5.02 Å². The number of piperidine rings is 1. The predicted molar refractivity (Wildman–Crippen MR) is 136 cm³/mol. The molecule has 0 bridgehead atoms. The van der Waals surface area contributed by atoms with E-state index in [9.17, 15) is 31.2 Å². The molecule has 2 aliphatic heterocycles. The molecule has 38 heavy (non-hydrogen) atoms. The zero-order valence-corrected chi connectivity index (χ0v) is 22.9. The largest absolute Gasteiger partial charge is 0.401 e. The molecule has 2 fully saturated rings. The highest BCUT2D eigenvalue weighted by molar-refractivity contribution is 7.93. The number of hydrogen-bond acceptors (Lipinski definition) is 5. The maximum atomic E-state index is 15.7. The average molecular weight is 582 g/mol. The van der Waals surface area contributed by atoms with E-state index in [1.165, 1.54) is 22.8 Å². The first-order chi connectivity index (χ1) is 17.5. The van der Waals surface area contributed by atoms with Crippen molar-refractivity contribution in [3.8, 4) is 0 Å². The second-order valence-electron chi connectivity index (χ2n) is 10.3. The predicted octanol–water partition coefficient (Wildman–Crippen LogP) is 3.70. The van der Waals surface area contributed by atoms with Crippen molar-refractivity contribution >= 4 is 33.3 Å². The van der Waals surface area contributed by atoms with E-state index in [1.54, 1.807) is 31.2 Å². The molecule has 0 saturated carbocycles. The van der Waals surface area contributed by atoms with Crippen molar-refractivity contribution in [3.63, 3.8) is 0 Å². The van der Waals surface area contributed by atoms with Gasteiger partial charge in [-0.05, 0) is 25.5 Å². The van der Waals surface area contributed by atoms with Gasteiger partial charge in [0.05, 0.1) is 12.5 Å². The number of carbonyl (C=O) groups excluding carboxylic acids is 2. The third-order valence-corrected chi connectivity index (χ3v) is 7.98. The van der Waals surface area contributed by atoms with E-state index in [0.29, 0.717) is 10.6 Å². The van der Waals surface area contributed by atoms with E-state index >= 15 is 4.39 Å². The van der Waals surface area contributed by atoms with Crippen molar-refractivity contribution in [2.24, 2.45) is 5.92 Å². The summed E-state index contributed by atoms with van der Waals surface area (Å²) >= 11 is 6.33. The summed E-state index contributed by atoms with van der Waals surface area (Å²) in [5.41, 5.74) is -1.71. The first kappa shape index (κ1) is 30.4. The van der Waals surface area contributed by atoms with E-state index in [0.717, 1.165) is 11.7 Å². The standard InChI is InChI=1S/C25H32ClF4N3O4S/c1-16(8-11-38(3,36)37)31-23(35)24(27)9-10-33(17(2)12-24)22(34)20-14-32(15-25(28,29)30)13-19(20)18-6-4-5-7-21(18)26/h4-8,11,16-17,19-20H,9-10,12-15H2,1-3H3,(H,31,35)/b11-8-/t16-,17?,19+,20+,24?/m1/s1. The number of nitrogens with one attached hydrogen (secondary N) is 1. The van der Waals surface area contributed by atoms with Crippen LogP contribution in [0.1, 0.15) is 38.2 Å². The Morgan fingerprint density at radius 3 is 2.50 bits per heavy atom. The van der Waals surface area contributed by atoms with Crippen LogP contribution < -0.4 is 5.32 Å². The minimum atomic E-state index is -4.43. The Labute approximate surface area is 225 Å². The van der Waals surface area contributed by atoms with Crippen LogP contribution in [-0.2, 0) is 19.4 Å². The van der Waals surface area contributed by atoms with Gasteiger partial charge in [0, 0.05) is 67.2 Å². The Hall–Kier alpha value is -2.18. The van der Waals surface area contributed by atoms with Crippen molar-refractivity contribution < 1.29 is 35.6 Å². The van der Waals surface area contributed by atoms with E-state index in [2.05, 4.69) is 5.32 Å². The number of benzene rings is 1. The van der Waals surface area contributed by atoms with Gasteiger partial charge in [0.2, 0.25) is 5.91 Å². The normalized spacial score (nSPS) is 28.0. The quantitative estimate of drug-likeness (QED) is 0.496. The maximum Gasteiger partial charge on any atom is 0.401 e. The molecule has 2 amide bonds. The van der Waals surface area contributed by atoms with Gasteiger partial charge in [-0.25, -0.2) is 12.8 Å². The SMILES string of the molecule is CC1CC(F)(C(=O)N[C@H](C)/C=C\S(C)(=O)=O)CCN1C(=O)[C@H]1CN(CC(F)(F)F)C[C@H]1c1ccccc1Cl. The van der Waals surface area contributed by atoms with Gasteiger partial charge in [-0.1, -0.05) is 35.9 Å². The lowest BCUT2D eigenvalue weighted by Crippen LogP contribution is -2.57. The fourth-order valence-electron chi connectivity index (χ4n) is 5.20. The highest BCUT2D eigenvalue weighted by atomic mass is 35.5. The Morgan fingerprint density at radius 2 is 1.92 bits per heavy atom.